The topological polar surface area (TPSA) is 55.4 Å². The molecule has 1 rings (SSSR count). The Kier molecular flexibility index (Phi) is 5.55. The molecule has 0 aliphatic carbocycles. The van der Waals surface area contributed by atoms with E-state index in [1.807, 2.05) is 32.9 Å². The molecule has 4 nitrogen and oxygen atoms in total. The van der Waals surface area contributed by atoms with Crippen molar-refractivity contribution in [2.75, 3.05) is 7.11 Å². The van der Waals surface area contributed by atoms with Crippen LogP contribution < -0.4 is 5.32 Å². The molecular formula is C15H21NO3. The van der Waals surface area contributed by atoms with Gasteiger partial charge in [-0.2, -0.15) is 0 Å². The molecule has 1 amide bonds. The second kappa shape index (κ2) is 6.92. The van der Waals surface area contributed by atoms with Gasteiger partial charge in [0.1, 0.15) is 6.04 Å². The molecule has 1 atom stereocenters. The van der Waals surface area contributed by atoms with Gasteiger partial charge in [0.05, 0.1) is 7.11 Å². The minimum Gasteiger partial charge on any atom is -0.467 e. The van der Waals surface area contributed by atoms with Crippen LogP contribution in [0.2, 0.25) is 0 Å². The Labute approximate surface area is 114 Å². The third-order valence-corrected chi connectivity index (χ3v) is 2.89. The summed E-state index contributed by atoms with van der Waals surface area (Å²) in [7, 11) is 1.33. The highest BCUT2D eigenvalue weighted by molar-refractivity contribution is 5.97. The maximum atomic E-state index is 12.2. The van der Waals surface area contributed by atoms with Crippen molar-refractivity contribution < 1.29 is 14.3 Å². The molecule has 0 heterocycles. The zero-order valence-electron chi connectivity index (χ0n) is 11.9. The van der Waals surface area contributed by atoms with E-state index in [2.05, 4.69) is 5.32 Å². The zero-order valence-corrected chi connectivity index (χ0v) is 11.9. The first-order valence-electron chi connectivity index (χ1n) is 6.40. The Bertz CT molecular complexity index is 454. The van der Waals surface area contributed by atoms with E-state index >= 15 is 0 Å². The number of carbonyl (C=O) groups excluding carboxylic acids is 2. The van der Waals surface area contributed by atoms with Crippen LogP contribution in [0.5, 0.6) is 0 Å². The predicted molar refractivity (Wildman–Crippen MR) is 73.9 cm³/mol. The smallest absolute Gasteiger partial charge is 0.328 e. The highest BCUT2D eigenvalue weighted by Crippen LogP contribution is 2.10. The molecule has 0 saturated carbocycles. The lowest BCUT2D eigenvalue weighted by Gasteiger charge is -2.18. The number of esters is 1. The van der Waals surface area contributed by atoms with E-state index in [9.17, 15) is 9.59 Å². The average Bonchev–Trinajstić information content (AvgIpc) is 2.36. The van der Waals surface area contributed by atoms with Gasteiger partial charge in [-0.3, -0.25) is 4.79 Å². The number of methoxy groups -OCH3 is 1. The molecule has 0 saturated heterocycles. The molecule has 0 aliphatic heterocycles. The minimum absolute atomic E-state index is 0.242. The first kappa shape index (κ1) is 15.2. The molecule has 0 spiro atoms. The molecule has 1 aromatic carbocycles. The monoisotopic (exact) mass is 263 g/mol. The molecule has 0 fully saturated rings. The number of carbonyl (C=O) groups is 2. The number of ether oxygens (including phenoxy) is 1. The van der Waals surface area contributed by atoms with Crippen molar-refractivity contribution in [2.24, 2.45) is 5.92 Å². The SMILES string of the molecule is COC(=O)[C@H](CC(C)C)NC(=O)c1ccccc1C. The normalized spacial score (nSPS) is 12.1. The number of rotatable bonds is 5. The molecule has 104 valence electrons. The summed E-state index contributed by atoms with van der Waals surface area (Å²) >= 11 is 0. The van der Waals surface area contributed by atoms with Crippen molar-refractivity contribution in [3.63, 3.8) is 0 Å². The Hall–Kier alpha value is -1.84. The van der Waals surface area contributed by atoms with Crippen LogP contribution >= 0.6 is 0 Å². The van der Waals surface area contributed by atoms with Crippen LogP contribution in [0.15, 0.2) is 24.3 Å². The highest BCUT2D eigenvalue weighted by Gasteiger charge is 2.23. The molecule has 0 radical (unpaired) electrons. The number of benzene rings is 1. The maximum Gasteiger partial charge on any atom is 0.328 e. The fraction of sp³-hybridized carbons (Fsp3) is 0.467. The van der Waals surface area contributed by atoms with Crippen molar-refractivity contribution in [3.05, 3.63) is 35.4 Å². The van der Waals surface area contributed by atoms with Crippen LogP contribution in [-0.2, 0) is 9.53 Å². The summed E-state index contributed by atoms with van der Waals surface area (Å²) in [6.45, 7) is 5.86. The van der Waals surface area contributed by atoms with E-state index in [4.69, 9.17) is 4.74 Å². The molecule has 0 aromatic heterocycles. The first-order chi connectivity index (χ1) is 8.95. The largest absolute Gasteiger partial charge is 0.467 e. The molecule has 0 unspecified atom stereocenters. The second-order valence-electron chi connectivity index (χ2n) is 4.99. The van der Waals surface area contributed by atoms with E-state index in [1.165, 1.54) is 7.11 Å². The molecular weight excluding hydrogens is 242 g/mol. The number of hydrogen-bond donors (Lipinski definition) is 1. The number of amides is 1. The van der Waals surface area contributed by atoms with Crippen LogP contribution in [0.25, 0.3) is 0 Å². The van der Waals surface area contributed by atoms with Gasteiger partial charge in [-0.05, 0) is 30.9 Å². The molecule has 4 heteroatoms. The molecule has 0 aliphatic rings. The van der Waals surface area contributed by atoms with Crippen molar-refractivity contribution >= 4 is 11.9 Å². The van der Waals surface area contributed by atoms with Gasteiger partial charge in [0.25, 0.3) is 5.91 Å². The molecule has 19 heavy (non-hydrogen) atoms. The molecule has 1 N–H and O–H groups in total. The summed E-state index contributed by atoms with van der Waals surface area (Å²) in [6.07, 6.45) is 0.560. The second-order valence-corrected chi connectivity index (χ2v) is 4.99. The fourth-order valence-electron chi connectivity index (χ4n) is 1.89. The van der Waals surface area contributed by atoms with Crippen LogP contribution in [0, 0.1) is 12.8 Å². The standard InChI is InChI=1S/C15H21NO3/c1-10(2)9-13(15(18)19-4)16-14(17)12-8-6-5-7-11(12)3/h5-8,10,13H,9H2,1-4H3,(H,16,17)/t13-/m0/s1. The van der Waals surface area contributed by atoms with Gasteiger partial charge in [-0.15, -0.1) is 0 Å². The summed E-state index contributed by atoms with van der Waals surface area (Å²) in [6, 6.07) is 6.69. The predicted octanol–water partition coefficient (Wildman–Crippen LogP) is 2.31. The zero-order chi connectivity index (χ0) is 14.4. The summed E-state index contributed by atoms with van der Waals surface area (Å²) in [5.74, 6) is -0.356. The number of nitrogens with one attached hydrogen (secondary N) is 1. The van der Waals surface area contributed by atoms with Crippen LogP contribution in [0.3, 0.4) is 0 Å². The Morgan fingerprint density at radius 3 is 2.42 bits per heavy atom. The van der Waals surface area contributed by atoms with Crippen LogP contribution in [0.1, 0.15) is 36.2 Å². The van der Waals surface area contributed by atoms with Crippen LogP contribution in [-0.4, -0.2) is 25.0 Å². The van der Waals surface area contributed by atoms with Gasteiger partial charge in [0, 0.05) is 5.56 Å². The summed E-state index contributed by atoms with van der Waals surface area (Å²) < 4.78 is 4.73. The van der Waals surface area contributed by atoms with Crippen molar-refractivity contribution in [1.82, 2.24) is 5.32 Å². The lowest BCUT2D eigenvalue weighted by Crippen LogP contribution is -2.42. The third kappa shape index (κ3) is 4.39. The molecule has 1 aromatic rings. The summed E-state index contributed by atoms with van der Waals surface area (Å²) in [4.78, 5) is 23.8. The molecule has 0 bridgehead atoms. The van der Waals surface area contributed by atoms with Crippen molar-refractivity contribution in [3.8, 4) is 0 Å². The van der Waals surface area contributed by atoms with Gasteiger partial charge in [-0.1, -0.05) is 32.0 Å². The fourth-order valence-corrected chi connectivity index (χ4v) is 1.89. The van der Waals surface area contributed by atoms with Gasteiger partial charge in [-0.25, -0.2) is 4.79 Å². The van der Waals surface area contributed by atoms with E-state index in [-0.39, 0.29) is 5.91 Å². The Balaban J connectivity index is 2.82. The van der Waals surface area contributed by atoms with Gasteiger partial charge in [0.15, 0.2) is 0 Å². The quantitative estimate of drug-likeness (QED) is 0.829. The summed E-state index contributed by atoms with van der Waals surface area (Å²) in [5.41, 5.74) is 1.47. The Morgan fingerprint density at radius 2 is 1.89 bits per heavy atom. The van der Waals surface area contributed by atoms with E-state index in [0.717, 1.165) is 5.56 Å². The highest BCUT2D eigenvalue weighted by atomic mass is 16.5. The lowest BCUT2D eigenvalue weighted by molar-refractivity contribution is -0.143. The number of hydrogen-bond acceptors (Lipinski definition) is 3. The summed E-state index contributed by atoms with van der Waals surface area (Å²) in [5, 5.41) is 2.74. The lowest BCUT2D eigenvalue weighted by atomic mass is 10.0. The van der Waals surface area contributed by atoms with Gasteiger partial charge < -0.3 is 10.1 Å². The first-order valence-corrected chi connectivity index (χ1v) is 6.40. The van der Waals surface area contributed by atoms with Gasteiger partial charge >= 0.3 is 5.97 Å². The minimum atomic E-state index is -0.600. The van der Waals surface area contributed by atoms with Crippen molar-refractivity contribution in [1.29, 1.82) is 0 Å². The van der Waals surface area contributed by atoms with Crippen LogP contribution in [0.4, 0.5) is 0 Å². The van der Waals surface area contributed by atoms with Crippen molar-refractivity contribution in [2.45, 2.75) is 33.2 Å². The number of aryl methyl sites for hydroxylation is 1. The third-order valence-electron chi connectivity index (χ3n) is 2.89. The van der Waals surface area contributed by atoms with Gasteiger partial charge in [0.2, 0.25) is 0 Å². The average molecular weight is 263 g/mol. The van der Waals surface area contributed by atoms with E-state index < -0.39 is 12.0 Å². The maximum absolute atomic E-state index is 12.2. The van der Waals surface area contributed by atoms with E-state index in [1.54, 1.807) is 12.1 Å². The van der Waals surface area contributed by atoms with E-state index in [0.29, 0.717) is 17.9 Å². The Morgan fingerprint density at radius 1 is 1.26 bits per heavy atom.